The van der Waals surface area contributed by atoms with Crippen molar-refractivity contribution < 1.29 is 37.8 Å². The molecule has 14 heteroatoms. The van der Waals surface area contributed by atoms with E-state index in [9.17, 15) is 19.2 Å². The zero-order valence-corrected chi connectivity index (χ0v) is 33.6. The molecule has 4 amide bonds. The SMILES string of the molecule is CCC1[C@H](C(=O)Nc2ccc3c(NC(=O)OC(C)(C)C)c(F)c(-c4cncc(N(C(=O)OC(C)(C)C)C(=O)OC(C)(C)C)c4C)cc3c2)[C@H]1c1cnn(C)c1. The van der Waals surface area contributed by atoms with Crippen LogP contribution in [0.4, 0.5) is 35.8 Å². The Morgan fingerprint density at radius 2 is 1.47 bits per heavy atom. The number of ether oxygens (including phenoxy) is 3. The summed E-state index contributed by atoms with van der Waals surface area (Å²) < 4.78 is 35.2. The first kappa shape index (κ1) is 40.7. The fourth-order valence-corrected chi connectivity index (χ4v) is 6.61. The van der Waals surface area contributed by atoms with Gasteiger partial charge >= 0.3 is 18.3 Å². The fraction of sp³-hybridized carbons (Fsp3) is 0.463. The van der Waals surface area contributed by atoms with Crippen LogP contribution in [0.3, 0.4) is 0 Å². The van der Waals surface area contributed by atoms with Gasteiger partial charge in [-0.05, 0) is 110 Å². The molecule has 1 aliphatic rings. The third kappa shape index (κ3) is 9.41. The summed E-state index contributed by atoms with van der Waals surface area (Å²) >= 11 is 0. The molecule has 2 aromatic heterocycles. The van der Waals surface area contributed by atoms with Gasteiger partial charge in [0.2, 0.25) is 5.91 Å². The van der Waals surface area contributed by atoms with Crippen molar-refractivity contribution in [1.29, 1.82) is 0 Å². The van der Waals surface area contributed by atoms with Gasteiger partial charge in [0.15, 0.2) is 5.82 Å². The molecule has 0 saturated heterocycles. The van der Waals surface area contributed by atoms with Gasteiger partial charge in [0.05, 0.1) is 23.8 Å². The molecule has 0 radical (unpaired) electrons. The van der Waals surface area contributed by atoms with Crippen LogP contribution in [0.1, 0.15) is 92.7 Å². The first-order chi connectivity index (χ1) is 25.5. The summed E-state index contributed by atoms with van der Waals surface area (Å²) in [4.78, 5) is 58.8. The van der Waals surface area contributed by atoms with E-state index < -0.39 is 40.9 Å². The molecule has 0 spiro atoms. The zero-order valence-electron chi connectivity index (χ0n) is 33.6. The Hall–Kier alpha value is -5.53. The minimum Gasteiger partial charge on any atom is -0.444 e. The number of pyridine rings is 1. The Morgan fingerprint density at radius 1 is 0.855 bits per heavy atom. The number of hydrogen-bond donors (Lipinski definition) is 2. The average Bonchev–Trinajstić information content (AvgIpc) is 3.62. The molecule has 294 valence electrons. The molecule has 5 rings (SSSR count). The number of rotatable bonds is 7. The molecular formula is C41H51FN6O7. The number of benzene rings is 2. The summed E-state index contributed by atoms with van der Waals surface area (Å²) in [5.41, 5.74) is -1.01. The second-order valence-corrected chi connectivity index (χ2v) is 16.9. The molecule has 1 unspecified atom stereocenters. The third-order valence-corrected chi connectivity index (χ3v) is 8.89. The summed E-state index contributed by atoms with van der Waals surface area (Å²) in [6.45, 7) is 18.7. The van der Waals surface area contributed by atoms with E-state index in [0.29, 0.717) is 22.0 Å². The lowest BCUT2D eigenvalue weighted by atomic mass is 9.96. The van der Waals surface area contributed by atoms with Crippen molar-refractivity contribution in [3.05, 3.63) is 66.0 Å². The highest BCUT2D eigenvalue weighted by atomic mass is 19.1. The lowest BCUT2D eigenvalue weighted by molar-refractivity contribution is -0.117. The highest BCUT2D eigenvalue weighted by Crippen LogP contribution is 2.56. The van der Waals surface area contributed by atoms with Crippen LogP contribution >= 0.6 is 0 Å². The number of aryl methyl sites for hydroxylation is 1. The Kier molecular flexibility index (Phi) is 11.1. The first-order valence-electron chi connectivity index (χ1n) is 18.2. The minimum absolute atomic E-state index is 0.00115. The van der Waals surface area contributed by atoms with Gasteiger partial charge in [0, 0.05) is 53.5 Å². The third-order valence-electron chi connectivity index (χ3n) is 8.89. The second-order valence-electron chi connectivity index (χ2n) is 16.9. The number of aromatic nitrogens is 3. The number of nitrogens with zero attached hydrogens (tertiary/aromatic N) is 4. The number of carbonyl (C=O) groups excluding carboxylic acids is 4. The smallest absolute Gasteiger partial charge is 0.424 e. The quantitative estimate of drug-likeness (QED) is 0.175. The van der Waals surface area contributed by atoms with Crippen molar-refractivity contribution in [3.8, 4) is 11.1 Å². The predicted octanol–water partition coefficient (Wildman–Crippen LogP) is 9.48. The molecule has 1 saturated carbocycles. The van der Waals surface area contributed by atoms with Crippen LogP contribution in [0, 0.1) is 24.6 Å². The highest BCUT2D eigenvalue weighted by Gasteiger charge is 2.54. The maximum atomic E-state index is 16.9. The standard InChI is InChI=1S/C41H51FN6O7/c1-13-26-31(24-18-44-47(12)21-24)32(26)35(49)45-25-14-15-27-23(16-25)17-28(33(42)34(27)46-36(50)53-39(3,4)5)29-19-43-20-30(22(29)2)48(37(51)54-40(6,7)8)38(52)55-41(9,10)11/h14-21,26,31-32H,13H2,1-12H3,(H,45,49)(H,46,50)/t26?,31-,32-/m0/s1. The predicted molar refractivity (Wildman–Crippen MR) is 209 cm³/mol. The summed E-state index contributed by atoms with van der Waals surface area (Å²) in [5, 5.41) is 10.7. The van der Waals surface area contributed by atoms with Gasteiger partial charge in [0.25, 0.3) is 0 Å². The van der Waals surface area contributed by atoms with Crippen molar-refractivity contribution >= 4 is 52.0 Å². The molecule has 0 bridgehead atoms. The lowest BCUT2D eigenvalue weighted by Gasteiger charge is -2.29. The topological polar surface area (TPSA) is 154 Å². The molecule has 3 atom stereocenters. The molecule has 13 nitrogen and oxygen atoms in total. The van der Waals surface area contributed by atoms with E-state index in [-0.39, 0.29) is 46.2 Å². The second kappa shape index (κ2) is 15.0. The fourth-order valence-electron chi connectivity index (χ4n) is 6.61. The van der Waals surface area contributed by atoms with Crippen LogP contribution in [-0.2, 0) is 26.1 Å². The van der Waals surface area contributed by atoms with Gasteiger partial charge in [-0.15, -0.1) is 0 Å². The summed E-state index contributed by atoms with van der Waals surface area (Å²) in [5.74, 6) is -0.993. The largest absolute Gasteiger partial charge is 0.444 e. The van der Waals surface area contributed by atoms with Crippen molar-refractivity contribution in [2.75, 3.05) is 15.5 Å². The van der Waals surface area contributed by atoms with Crippen molar-refractivity contribution in [2.45, 2.75) is 105 Å². The Balaban J connectivity index is 1.61. The Morgan fingerprint density at radius 3 is 2.02 bits per heavy atom. The molecule has 1 fully saturated rings. The number of fused-ring (bicyclic) bond motifs is 1. The van der Waals surface area contributed by atoms with Crippen molar-refractivity contribution in [1.82, 2.24) is 14.8 Å². The summed E-state index contributed by atoms with van der Waals surface area (Å²) in [7, 11) is 1.84. The molecule has 1 aliphatic carbocycles. The van der Waals surface area contributed by atoms with E-state index in [2.05, 4.69) is 27.6 Å². The Labute approximate surface area is 320 Å². The molecule has 55 heavy (non-hydrogen) atoms. The summed E-state index contributed by atoms with van der Waals surface area (Å²) in [6.07, 6.45) is 4.32. The minimum atomic E-state index is -1.01. The van der Waals surface area contributed by atoms with Gasteiger partial charge in [-0.25, -0.2) is 18.8 Å². The highest BCUT2D eigenvalue weighted by molar-refractivity contribution is 6.11. The van der Waals surface area contributed by atoms with Crippen LogP contribution in [0.2, 0.25) is 0 Å². The first-order valence-corrected chi connectivity index (χ1v) is 18.2. The maximum absolute atomic E-state index is 16.9. The van der Waals surface area contributed by atoms with Gasteiger partial charge in [-0.1, -0.05) is 19.4 Å². The molecule has 2 N–H and O–H groups in total. The molecule has 4 aromatic rings. The Bertz CT molecular complexity index is 2120. The van der Waals surface area contributed by atoms with Crippen molar-refractivity contribution in [2.24, 2.45) is 18.9 Å². The number of imide groups is 1. The molecule has 2 heterocycles. The van der Waals surface area contributed by atoms with E-state index in [1.165, 1.54) is 12.4 Å². The molecule has 2 aromatic carbocycles. The van der Waals surface area contributed by atoms with Crippen LogP contribution < -0.4 is 15.5 Å². The normalized spacial score (nSPS) is 17.0. The van der Waals surface area contributed by atoms with Gasteiger partial charge < -0.3 is 19.5 Å². The van der Waals surface area contributed by atoms with Gasteiger partial charge in [0.1, 0.15) is 16.8 Å². The molecular weight excluding hydrogens is 707 g/mol. The number of hydrogen-bond acceptors (Lipinski definition) is 9. The van der Waals surface area contributed by atoms with E-state index >= 15 is 4.39 Å². The molecule has 0 aliphatic heterocycles. The maximum Gasteiger partial charge on any atom is 0.424 e. The monoisotopic (exact) mass is 758 g/mol. The average molecular weight is 759 g/mol. The van der Waals surface area contributed by atoms with Crippen molar-refractivity contribution in [3.63, 3.8) is 0 Å². The van der Waals surface area contributed by atoms with E-state index in [4.69, 9.17) is 14.2 Å². The van der Waals surface area contributed by atoms with E-state index in [0.717, 1.165) is 16.9 Å². The summed E-state index contributed by atoms with van der Waals surface area (Å²) in [6, 6.07) is 6.51. The number of amides is 4. The number of halogens is 1. The van der Waals surface area contributed by atoms with Crippen LogP contribution in [0.5, 0.6) is 0 Å². The van der Waals surface area contributed by atoms with Gasteiger partial charge in [-0.3, -0.25) is 19.8 Å². The lowest BCUT2D eigenvalue weighted by Crippen LogP contribution is -2.44. The number of nitrogens with one attached hydrogen (secondary N) is 2. The number of carbonyl (C=O) groups is 4. The number of anilines is 3. The van der Waals surface area contributed by atoms with Gasteiger partial charge in [-0.2, -0.15) is 10.00 Å². The van der Waals surface area contributed by atoms with Crippen LogP contribution in [0.25, 0.3) is 21.9 Å². The van der Waals surface area contributed by atoms with E-state index in [1.807, 2.05) is 13.2 Å². The zero-order chi connectivity index (χ0) is 40.8. The van der Waals surface area contributed by atoms with E-state index in [1.54, 1.807) is 104 Å². The van der Waals surface area contributed by atoms with Crippen LogP contribution in [-0.4, -0.2) is 55.8 Å². The van der Waals surface area contributed by atoms with Crippen LogP contribution in [0.15, 0.2) is 49.1 Å².